The first-order valence-electron chi connectivity index (χ1n) is 8.36. The second-order valence-corrected chi connectivity index (χ2v) is 8.87. The fourth-order valence-corrected chi connectivity index (χ4v) is 3.62. The van der Waals surface area contributed by atoms with Crippen molar-refractivity contribution in [3.63, 3.8) is 0 Å². The maximum absolute atomic E-state index is 11.4. The fraction of sp³-hybridized carbons (Fsp3) is 0.625. The molecule has 3 N–H and O–H groups in total. The van der Waals surface area contributed by atoms with Gasteiger partial charge in [-0.1, -0.05) is 0 Å². The van der Waals surface area contributed by atoms with E-state index in [9.17, 15) is 18.5 Å². The summed E-state index contributed by atoms with van der Waals surface area (Å²) in [7, 11) is -4.00. The molecular weight excluding hydrogens is 360 g/mol. The van der Waals surface area contributed by atoms with E-state index in [4.69, 9.17) is 9.88 Å². The highest BCUT2D eigenvalue weighted by Gasteiger charge is 2.33. The van der Waals surface area contributed by atoms with Gasteiger partial charge in [-0.2, -0.15) is 0 Å². The van der Waals surface area contributed by atoms with Gasteiger partial charge in [-0.15, -0.1) is 0 Å². The summed E-state index contributed by atoms with van der Waals surface area (Å²) in [6, 6.07) is 3.61. The highest BCUT2D eigenvalue weighted by Crippen LogP contribution is 2.29. The van der Waals surface area contributed by atoms with Crippen LogP contribution in [0.4, 0.5) is 11.4 Å². The monoisotopic (exact) mass is 386 g/mol. The van der Waals surface area contributed by atoms with Crippen molar-refractivity contribution < 1.29 is 18.1 Å². The van der Waals surface area contributed by atoms with Crippen molar-refractivity contribution in [3.05, 3.63) is 28.3 Å². The summed E-state index contributed by atoms with van der Waals surface area (Å²) in [5.41, 5.74) is -0.348. The van der Waals surface area contributed by atoms with E-state index in [0.717, 1.165) is 19.2 Å². The van der Waals surface area contributed by atoms with Crippen molar-refractivity contribution in [1.82, 2.24) is 4.90 Å². The third-order valence-corrected chi connectivity index (χ3v) is 5.39. The van der Waals surface area contributed by atoms with Gasteiger partial charge in [0.15, 0.2) is 0 Å². The van der Waals surface area contributed by atoms with Crippen molar-refractivity contribution >= 4 is 21.4 Å². The molecule has 1 aliphatic heterocycles. The number of nitrogens with two attached hydrogens (primary N) is 1. The topological polar surface area (TPSA) is 128 Å². The summed E-state index contributed by atoms with van der Waals surface area (Å²) < 4.78 is 28.6. The molecule has 1 saturated heterocycles. The van der Waals surface area contributed by atoms with E-state index in [1.165, 1.54) is 12.1 Å². The Hall–Kier alpha value is -1.75. The van der Waals surface area contributed by atoms with Crippen LogP contribution < -0.4 is 10.5 Å². The summed E-state index contributed by atoms with van der Waals surface area (Å²) in [5.74, 6) is 0. The fourth-order valence-electron chi connectivity index (χ4n) is 3.08. The standard InChI is InChI=1S/C16H26N4O5S/c1-11-8-19(9-12(2)25-11)16(3,4)10-18-14-6-5-13(26(17,23)24)7-15(14)20(21)22/h5-7,11-12,18H,8-10H2,1-4H3,(H2,17,23,24). The molecule has 0 saturated carbocycles. The molecule has 0 spiro atoms. The van der Waals surface area contributed by atoms with Crippen molar-refractivity contribution in [1.29, 1.82) is 0 Å². The van der Waals surface area contributed by atoms with Crippen LogP contribution in [0.25, 0.3) is 0 Å². The molecule has 10 heteroatoms. The van der Waals surface area contributed by atoms with E-state index in [-0.39, 0.29) is 34.0 Å². The van der Waals surface area contributed by atoms with Crippen LogP contribution in [0.5, 0.6) is 0 Å². The van der Waals surface area contributed by atoms with E-state index < -0.39 is 14.9 Å². The van der Waals surface area contributed by atoms with Crippen LogP contribution in [0.2, 0.25) is 0 Å². The number of nitro benzene ring substituents is 1. The molecule has 1 aliphatic rings. The predicted octanol–water partition coefficient (Wildman–Crippen LogP) is 1.54. The third kappa shape index (κ3) is 4.91. The molecular formula is C16H26N4O5S. The predicted molar refractivity (Wildman–Crippen MR) is 98.6 cm³/mol. The Labute approximate surface area is 153 Å². The number of benzene rings is 1. The minimum Gasteiger partial charge on any atom is -0.378 e. The normalized spacial score (nSPS) is 22.2. The van der Waals surface area contributed by atoms with Gasteiger partial charge in [0.25, 0.3) is 5.69 Å². The smallest absolute Gasteiger partial charge is 0.293 e. The van der Waals surface area contributed by atoms with E-state index in [2.05, 4.69) is 24.1 Å². The zero-order chi connectivity index (χ0) is 19.7. The van der Waals surface area contributed by atoms with Crippen molar-refractivity contribution in [2.75, 3.05) is 25.0 Å². The van der Waals surface area contributed by atoms with Crippen molar-refractivity contribution in [2.24, 2.45) is 5.14 Å². The van der Waals surface area contributed by atoms with Crippen LogP contribution in [-0.4, -0.2) is 55.6 Å². The number of hydrogen-bond acceptors (Lipinski definition) is 7. The minimum absolute atomic E-state index is 0.112. The van der Waals surface area contributed by atoms with Crippen LogP contribution in [0.3, 0.4) is 0 Å². The van der Waals surface area contributed by atoms with Crippen LogP contribution in [0, 0.1) is 10.1 Å². The highest BCUT2D eigenvalue weighted by molar-refractivity contribution is 7.89. The molecule has 1 aromatic carbocycles. The van der Waals surface area contributed by atoms with Crippen molar-refractivity contribution in [3.8, 4) is 0 Å². The van der Waals surface area contributed by atoms with Gasteiger partial charge in [-0.3, -0.25) is 15.0 Å². The molecule has 1 fully saturated rings. The number of nitrogens with zero attached hydrogens (tertiary/aromatic N) is 2. The third-order valence-electron chi connectivity index (χ3n) is 4.48. The molecule has 2 atom stereocenters. The SMILES string of the molecule is CC1CN(C(C)(C)CNc2ccc(S(N)(=O)=O)cc2[N+](=O)[O-])CC(C)O1. The Kier molecular flexibility index (Phi) is 5.91. The summed E-state index contributed by atoms with van der Waals surface area (Å²) in [6.45, 7) is 10.1. The lowest BCUT2D eigenvalue weighted by Gasteiger charge is -2.45. The lowest BCUT2D eigenvalue weighted by molar-refractivity contribution is -0.384. The van der Waals surface area contributed by atoms with Gasteiger partial charge in [0.2, 0.25) is 10.0 Å². The molecule has 2 rings (SSSR count). The van der Waals surface area contributed by atoms with Gasteiger partial charge in [0.05, 0.1) is 22.0 Å². The zero-order valence-corrected chi connectivity index (χ0v) is 16.2. The molecule has 9 nitrogen and oxygen atoms in total. The minimum atomic E-state index is -4.00. The number of morpholine rings is 1. The van der Waals surface area contributed by atoms with Crippen LogP contribution in [0.15, 0.2) is 23.1 Å². The van der Waals surface area contributed by atoms with Crippen molar-refractivity contribution in [2.45, 2.75) is 50.3 Å². The largest absolute Gasteiger partial charge is 0.378 e. The molecule has 26 heavy (non-hydrogen) atoms. The summed E-state index contributed by atoms with van der Waals surface area (Å²) in [4.78, 5) is 12.7. The number of nitro groups is 1. The second kappa shape index (κ2) is 7.47. The van der Waals surface area contributed by atoms with E-state index in [1.807, 2.05) is 13.8 Å². The molecule has 1 heterocycles. The number of sulfonamides is 1. The quantitative estimate of drug-likeness (QED) is 0.560. The average molecular weight is 386 g/mol. The Morgan fingerprint density at radius 1 is 1.35 bits per heavy atom. The number of primary sulfonamides is 1. The molecule has 1 aromatic rings. The molecule has 2 unspecified atom stereocenters. The molecule has 0 radical (unpaired) electrons. The number of anilines is 1. The molecule has 0 bridgehead atoms. The first kappa shape index (κ1) is 20.6. The first-order valence-corrected chi connectivity index (χ1v) is 9.90. The number of nitrogens with one attached hydrogen (secondary N) is 1. The molecule has 0 aromatic heterocycles. The highest BCUT2D eigenvalue weighted by atomic mass is 32.2. The molecule has 0 aliphatic carbocycles. The van der Waals surface area contributed by atoms with Crippen LogP contribution >= 0.6 is 0 Å². The van der Waals surface area contributed by atoms with E-state index >= 15 is 0 Å². The maximum Gasteiger partial charge on any atom is 0.293 e. The first-order chi connectivity index (χ1) is 11.9. The number of rotatable bonds is 6. The second-order valence-electron chi connectivity index (χ2n) is 7.31. The Morgan fingerprint density at radius 2 is 1.92 bits per heavy atom. The van der Waals surface area contributed by atoms with Crippen LogP contribution in [0.1, 0.15) is 27.7 Å². The molecule has 0 amide bonds. The van der Waals surface area contributed by atoms with Gasteiger partial charge in [0.1, 0.15) is 5.69 Å². The van der Waals surface area contributed by atoms with E-state index in [0.29, 0.717) is 6.54 Å². The van der Waals surface area contributed by atoms with E-state index in [1.54, 1.807) is 0 Å². The average Bonchev–Trinajstić information content (AvgIpc) is 2.51. The summed E-state index contributed by atoms with van der Waals surface area (Å²) in [5, 5.41) is 19.5. The Balaban J connectivity index is 2.19. The van der Waals surface area contributed by atoms with Gasteiger partial charge in [-0.25, -0.2) is 13.6 Å². The van der Waals surface area contributed by atoms with Gasteiger partial charge in [-0.05, 0) is 39.8 Å². The summed E-state index contributed by atoms with van der Waals surface area (Å²) >= 11 is 0. The lowest BCUT2D eigenvalue weighted by atomic mass is 10.00. The lowest BCUT2D eigenvalue weighted by Crippen LogP contribution is -2.57. The number of ether oxygens (including phenoxy) is 1. The maximum atomic E-state index is 11.4. The van der Waals surface area contributed by atoms with Crippen LogP contribution in [-0.2, 0) is 14.8 Å². The molecule has 146 valence electrons. The zero-order valence-electron chi connectivity index (χ0n) is 15.4. The van der Waals surface area contributed by atoms with Gasteiger partial charge in [0, 0.05) is 31.2 Å². The Morgan fingerprint density at radius 3 is 2.42 bits per heavy atom. The Bertz CT molecular complexity index is 771. The van der Waals surface area contributed by atoms with Gasteiger partial charge < -0.3 is 10.1 Å². The summed E-state index contributed by atoms with van der Waals surface area (Å²) in [6.07, 6.45) is 0.225. The van der Waals surface area contributed by atoms with Gasteiger partial charge >= 0.3 is 0 Å². The number of hydrogen-bond donors (Lipinski definition) is 2.